The monoisotopic (exact) mass is 355 g/mol. The number of nitrogens with zero attached hydrogens (tertiary/aromatic N) is 3. The van der Waals surface area contributed by atoms with Crippen LogP contribution in [0.3, 0.4) is 0 Å². The topological polar surface area (TPSA) is 118 Å². The summed E-state index contributed by atoms with van der Waals surface area (Å²) in [4.78, 5) is 22.1. The van der Waals surface area contributed by atoms with Crippen LogP contribution in [0.2, 0.25) is 0 Å². The summed E-state index contributed by atoms with van der Waals surface area (Å²) in [5, 5.41) is 18.4. The first-order chi connectivity index (χ1) is 12.5. The molecule has 0 fully saturated rings. The summed E-state index contributed by atoms with van der Waals surface area (Å²) in [6.45, 7) is 1.66. The maximum atomic E-state index is 12.0. The number of carbonyl (C=O) groups is 1. The van der Waals surface area contributed by atoms with Crippen molar-refractivity contribution >= 4 is 29.2 Å². The number of hydrogen-bond acceptors (Lipinski definition) is 7. The van der Waals surface area contributed by atoms with Crippen molar-refractivity contribution in [2.45, 2.75) is 6.92 Å². The van der Waals surface area contributed by atoms with Gasteiger partial charge in [0.15, 0.2) is 0 Å². The van der Waals surface area contributed by atoms with Crippen LogP contribution in [0.5, 0.6) is 5.75 Å². The number of nitro groups is 1. The van der Waals surface area contributed by atoms with Crippen molar-refractivity contribution in [2.24, 2.45) is 10.2 Å². The molecule has 0 aliphatic carbocycles. The van der Waals surface area contributed by atoms with Crippen LogP contribution in [-0.2, 0) is 0 Å². The Hall–Kier alpha value is -3.75. The van der Waals surface area contributed by atoms with Gasteiger partial charge in [0.1, 0.15) is 5.75 Å². The molecule has 9 heteroatoms. The average molecular weight is 355 g/mol. The van der Waals surface area contributed by atoms with Crippen LogP contribution in [0.4, 0.5) is 11.4 Å². The van der Waals surface area contributed by atoms with Crippen LogP contribution in [0.1, 0.15) is 17.3 Å². The van der Waals surface area contributed by atoms with E-state index in [1.165, 1.54) is 30.5 Å². The summed E-state index contributed by atoms with van der Waals surface area (Å²) in [6, 6.07) is 12.4. The van der Waals surface area contributed by atoms with Gasteiger partial charge >= 0.3 is 0 Å². The fourth-order valence-electron chi connectivity index (χ4n) is 1.83. The third kappa shape index (κ3) is 5.41. The predicted molar refractivity (Wildman–Crippen MR) is 98.8 cm³/mol. The summed E-state index contributed by atoms with van der Waals surface area (Å²) < 4.78 is 5.03. The van der Waals surface area contributed by atoms with Gasteiger partial charge in [-0.25, -0.2) is 5.43 Å². The van der Waals surface area contributed by atoms with Crippen molar-refractivity contribution in [2.75, 3.05) is 12.5 Å². The molecule has 2 N–H and O–H groups in total. The van der Waals surface area contributed by atoms with E-state index in [1.54, 1.807) is 38.3 Å². The first-order valence-electron chi connectivity index (χ1n) is 7.52. The molecule has 134 valence electrons. The summed E-state index contributed by atoms with van der Waals surface area (Å²) in [6.07, 6.45) is 1.41. The lowest BCUT2D eigenvalue weighted by atomic mass is 10.2. The molecule has 9 nitrogen and oxygen atoms in total. The van der Waals surface area contributed by atoms with Gasteiger partial charge in [-0.15, -0.1) is 0 Å². The summed E-state index contributed by atoms with van der Waals surface area (Å²) >= 11 is 0. The van der Waals surface area contributed by atoms with E-state index in [2.05, 4.69) is 21.1 Å². The largest absolute Gasteiger partial charge is 0.497 e. The molecular formula is C17H17N5O4. The number of carbonyl (C=O) groups excluding carboxylic acids is 1. The van der Waals surface area contributed by atoms with Gasteiger partial charge in [0, 0.05) is 17.7 Å². The van der Waals surface area contributed by atoms with Gasteiger partial charge in [0.2, 0.25) is 0 Å². The minimum Gasteiger partial charge on any atom is -0.497 e. The highest BCUT2D eigenvalue weighted by Crippen LogP contribution is 2.15. The van der Waals surface area contributed by atoms with Crippen molar-refractivity contribution in [3.63, 3.8) is 0 Å². The molecule has 1 amide bonds. The van der Waals surface area contributed by atoms with Gasteiger partial charge in [-0.05, 0) is 43.3 Å². The molecule has 0 aliphatic heterocycles. The van der Waals surface area contributed by atoms with Gasteiger partial charge in [-0.3, -0.25) is 20.3 Å². The molecule has 2 aromatic carbocycles. The molecule has 26 heavy (non-hydrogen) atoms. The standard InChI is InChI=1S/C17H17N5O4/c1-12(11-18-20-14-5-7-15(8-6-14)22(24)25)19-21-17(23)13-3-9-16(26-2)10-4-13/h3-11,20H,1-2H3,(H,21,23)/b18-11+,19-12+. The summed E-state index contributed by atoms with van der Waals surface area (Å²) in [5.74, 6) is 0.300. The Bertz CT molecular complexity index is 829. The second kappa shape index (κ2) is 8.92. The molecule has 0 aliphatic rings. The molecule has 0 unspecified atom stereocenters. The highest BCUT2D eigenvalue weighted by Gasteiger charge is 2.04. The number of amides is 1. The van der Waals surface area contributed by atoms with E-state index in [4.69, 9.17) is 4.74 Å². The van der Waals surface area contributed by atoms with Crippen molar-refractivity contribution in [1.29, 1.82) is 0 Å². The van der Waals surface area contributed by atoms with E-state index in [9.17, 15) is 14.9 Å². The summed E-state index contributed by atoms with van der Waals surface area (Å²) in [7, 11) is 1.55. The number of anilines is 1. The Balaban J connectivity index is 1.87. The minimum absolute atomic E-state index is 0.00137. The van der Waals surface area contributed by atoms with Crippen molar-refractivity contribution in [1.82, 2.24) is 5.43 Å². The zero-order valence-electron chi connectivity index (χ0n) is 14.2. The molecule has 2 aromatic rings. The number of nitro benzene ring substituents is 1. The molecule has 0 atom stereocenters. The molecule has 0 heterocycles. The number of benzene rings is 2. The Labute approximate surface area is 149 Å². The molecule has 0 aromatic heterocycles. The van der Waals surface area contributed by atoms with Crippen LogP contribution in [0.25, 0.3) is 0 Å². The minimum atomic E-state index is -0.477. The Morgan fingerprint density at radius 2 is 1.81 bits per heavy atom. The predicted octanol–water partition coefficient (Wildman–Crippen LogP) is 2.81. The molecule has 0 spiro atoms. The van der Waals surface area contributed by atoms with Crippen LogP contribution in [-0.4, -0.2) is 29.9 Å². The highest BCUT2D eigenvalue weighted by molar-refractivity contribution is 6.29. The van der Waals surface area contributed by atoms with Gasteiger partial charge in [0.05, 0.1) is 29.6 Å². The van der Waals surface area contributed by atoms with E-state index in [0.717, 1.165) is 0 Å². The quantitative estimate of drug-likeness (QED) is 0.450. The second-order valence-electron chi connectivity index (χ2n) is 5.10. The number of rotatable bonds is 7. The molecular weight excluding hydrogens is 338 g/mol. The van der Waals surface area contributed by atoms with Crippen LogP contribution in [0, 0.1) is 10.1 Å². The van der Waals surface area contributed by atoms with E-state index in [-0.39, 0.29) is 11.6 Å². The first-order valence-corrected chi connectivity index (χ1v) is 7.52. The molecule has 0 saturated carbocycles. The van der Waals surface area contributed by atoms with Crippen molar-refractivity contribution in [3.05, 3.63) is 64.2 Å². The lowest BCUT2D eigenvalue weighted by Gasteiger charge is -2.02. The maximum absolute atomic E-state index is 12.0. The van der Waals surface area contributed by atoms with Crippen LogP contribution >= 0.6 is 0 Å². The number of ether oxygens (including phenoxy) is 1. The smallest absolute Gasteiger partial charge is 0.271 e. The maximum Gasteiger partial charge on any atom is 0.271 e. The van der Waals surface area contributed by atoms with Crippen molar-refractivity contribution < 1.29 is 14.5 Å². The van der Waals surface area contributed by atoms with Crippen LogP contribution in [0.15, 0.2) is 58.7 Å². The first kappa shape index (κ1) is 18.6. The Morgan fingerprint density at radius 3 is 2.38 bits per heavy atom. The number of methoxy groups -OCH3 is 1. The number of hydrogen-bond donors (Lipinski definition) is 2. The highest BCUT2D eigenvalue weighted by atomic mass is 16.6. The zero-order valence-corrected chi connectivity index (χ0v) is 14.2. The molecule has 0 radical (unpaired) electrons. The number of hydrazone groups is 2. The third-order valence-corrected chi connectivity index (χ3v) is 3.21. The van der Waals surface area contributed by atoms with E-state index < -0.39 is 4.92 Å². The van der Waals surface area contributed by atoms with E-state index in [1.807, 2.05) is 0 Å². The lowest BCUT2D eigenvalue weighted by Crippen LogP contribution is -2.19. The lowest BCUT2D eigenvalue weighted by molar-refractivity contribution is -0.384. The third-order valence-electron chi connectivity index (χ3n) is 3.21. The molecule has 0 bridgehead atoms. The SMILES string of the molecule is COc1ccc(C(=O)N/N=C(C)/C=N/Nc2ccc([N+](=O)[O-])cc2)cc1. The van der Waals surface area contributed by atoms with Gasteiger partial charge in [-0.2, -0.15) is 10.2 Å². The summed E-state index contributed by atoms with van der Waals surface area (Å²) in [5.41, 5.74) is 6.62. The Morgan fingerprint density at radius 1 is 1.15 bits per heavy atom. The van der Waals surface area contributed by atoms with Gasteiger partial charge < -0.3 is 4.74 Å². The molecule has 0 saturated heterocycles. The van der Waals surface area contributed by atoms with Gasteiger partial charge in [0.25, 0.3) is 11.6 Å². The number of nitrogens with one attached hydrogen (secondary N) is 2. The van der Waals surface area contributed by atoms with Crippen molar-refractivity contribution in [3.8, 4) is 5.75 Å². The normalized spacial score (nSPS) is 11.2. The second-order valence-corrected chi connectivity index (χ2v) is 5.10. The fourth-order valence-corrected chi connectivity index (χ4v) is 1.83. The van der Waals surface area contributed by atoms with E-state index >= 15 is 0 Å². The van der Waals surface area contributed by atoms with E-state index in [0.29, 0.717) is 22.7 Å². The average Bonchev–Trinajstić information content (AvgIpc) is 2.66. The molecule has 2 rings (SSSR count). The fraction of sp³-hybridized carbons (Fsp3) is 0.118. The van der Waals surface area contributed by atoms with Crippen LogP contribution < -0.4 is 15.6 Å². The number of non-ortho nitro benzene ring substituents is 1. The zero-order chi connectivity index (χ0) is 18.9. The Kier molecular flexibility index (Phi) is 6.38. The van der Waals surface area contributed by atoms with Gasteiger partial charge in [-0.1, -0.05) is 0 Å².